The van der Waals surface area contributed by atoms with Crippen molar-refractivity contribution in [2.24, 2.45) is 0 Å². The van der Waals surface area contributed by atoms with Gasteiger partial charge in [-0.05, 0) is 24.5 Å². The van der Waals surface area contributed by atoms with Gasteiger partial charge in [-0.15, -0.1) is 0 Å². The van der Waals surface area contributed by atoms with Crippen molar-refractivity contribution in [3.05, 3.63) is 71.3 Å². The van der Waals surface area contributed by atoms with Gasteiger partial charge in [0.1, 0.15) is 5.60 Å². The highest BCUT2D eigenvalue weighted by molar-refractivity contribution is 5.39. The van der Waals surface area contributed by atoms with E-state index in [0.717, 1.165) is 16.7 Å². The van der Waals surface area contributed by atoms with Gasteiger partial charge in [0.05, 0.1) is 6.10 Å². The van der Waals surface area contributed by atoms with Crippen LogP contribution in [0.4, 0.5) is 0 Å². The minimum absolute atomic E-state index is 0.485. The lowest BCUT2D eigenvalue weighted by Gasteiger charge is -2.34. The minimum Gasteiger partial charge on any atom is -0.389 e. The standard InChI is InChI=1S/C17H20O2/c1-3-16(18)17(19,14-9-5-4-6-10-14)15-11-7-8-13(2)12-15/h4-12,16,18-19H,3H2,1-2H3. The lowest BCUT2D eigenvalue weighted by molar-refractivity contribution is -0.0509. The average molecular weight is 256 g/mol. The summed E-state index contributed by atoms with van der Waals surface area (Å²) in [6.07, 6.45) is -0.351. The third-order valence-corrected chi connectivity index (χ3v) is 3.54. The van der Waals surface area contributed by atoms with Crippen molar-refractivity contribution >= 4 is 0 Å². The molecule has 2 atom stereocenters. The van der Waals surface area contributed by atoms with Gasteiger partial charge >= 0.3 is 0 Å². The van der Waals surface area contributed by atoms with Gasteiger partial charge in [0.25, 0.3) is 0 Å². The molecule has 2 N–H and O–H groups in total. The van der Waals surface area contributed by atoms with Crippen LogP contribution < -0.4 is 0 Å². The Morgan fingerprint density at radius 2 is 1.63 bits per heavy atom. The molecule has 0 heterocycles. The fourth-order valence-corrected chi connectivity index (χ4v) is 2.42. The quantitative estimate of drug-likeness (QED) is 0.883. The second-order valence-electron chi connectivity index (χ2n) is 4.93. The predicted octanol–water partition coefficient (Wildman–Crippen LogP) is 3.00. The van der Waals surface area contributed by atoms with Gasteiger partial charge in [-0.3, -0.25) is 0 Å². The van der Waals surface area contributed by atoms with Crippen molar-refractivity contribution in [3.63, 3.8) is 0 Å². The number of aryl methyl sites for hydroxylation is 1. The monoisotopic (exact) mass is 256 g/mol. The molecule has 0 fully saturated rings. The first-order valence-electron chi connectivity index (χ1n) is 6.62. The van der Waals surface area contributed by atoms with E-state index in [1.165, 1.54) is 0 Å². The van der Waals surface area contributed by atoms with Gasteiger partial charge in [0.2, 0.25) is 0 Å². The fraction of sp³-hybridized carbons (Fsp3) is 0.294. The van der Waals surface area contributed by atoms with Crippen LogP contribution in [0, 0.1) is 6.92 Å². The molecule has 100 valence electrons. The highest BCUT2D eigenvalue weighted by Crippen LogP contribution is 2.34. The Morgan fingerprint density at radius 3 is 2.21 bits per heavy atom. The van der Waals surface area contributed by atoms with E-state index in [0.29, 0.717) is 6.42 Å². The normalized spacial score (nSPS) is 15.8. The second-order valence-corrected chi connectivity index (χ2v) is 4.93. The summed E-state index contributed by atoms with van der Waals surface area (Å²) in [6, 6.07) is 17.0. The summed E-state index contributed by atoms with van der Waals surface area (Å²) in [4.78, 5) is 0. The van der Waals surface area contributed by atoms with Gasteiger partial charge in [0.15, 0.2) is 0 Å². The number of hydrogen-bond acceptors (Lipinski definition) is 2. The van der Waals surface area contributed by atoms with E-state index < -0.39 is 11.7 Å². The molecule has 2 rings (SSSR count). The summed E-state index contributed by atoms with van der Waals surface area (Å²) < 4.78 is 0. The van der Waals surface area contributed by atoms with Crippen LogP contribution in [0.1, 0.15) is 30.0 Å². The zero-order valence-electron chi connectivity index (χ0n) is 11.4. The molecule has 0 spiro atoms. The van der Waals surface area contributed by atoms with Crippen LogP contribution in [0.25, 0.3) is 0 Å². The van der Waals surface area contributed by atoms with Crippen LogP contribution in [0.5, 0.6) is 0 Å². The van der Waals surface area contributed by atoms with Crippen molar-refractivity contribution in [1.82, 2.24) is 0 Å². The molecule has 2 nitrogen and oxygen atoms in total. The molecule has 0 aromatic heterocycles. The molecule has 0 radical (unpaired) electrons. The first-order chi connectivity index (χ1) is 9.09. The lowest BCUT2D eigenvalue weighted by Crippen LogP contribution is -2.40. The van der Waals surface area contributed by atoms with Crippen LogP contribution in [0.2, 0.25) is 0 Å². The van der Waals surface area contributed by atoms with E-state index in [1.54, 1.807) is 0 Å². The maximum atomic E-state index is 11.1. The average Bonchev–Trinajstić information content (AvgIpc) is 2.46. The Bertz CT molecular complexity index is 536. The highest BCUT2D eigenvalue weighted by atomic mass is 16.3. The van der Waals surface area contributed by atoms with Crippen molar-refractivity contribution in [2.45, 2.75) is 32.0 Å². The molecule has 2 aromatic carbocycles. The third kappa shape index (κ3) is 2.55. The Labute approximate surface area is 114 Å². The van der Waals surface area contributed by atoms with Crippen molar-refractivity contribution in [2.75, 3.05) is 0 Å². The molecule has 0 aliphatic carbocycles. The smallest absolute Gasteiger partial charge is 0.140 e. The van der Waals surface area contributed by atoms with Crippen LogP contribution in [0.15, 0.2) is 54.6 Å². The summed E-state index contributed by atoms with van der Waals surface area (Å²) >= 11 is 0. The molecular formula is C17H20O2. The van der Waals surface area contributed by atoms with E-state index in [9.17, 15) is 10.2 Å². The highest BCUT2D eigenvalue weighted by Gasteiger charge is 2.38. The molecular weight excluding hydrogens is 236 g/mol. The van der Waals surface area contributed by atoms with Crippen LogP contribution in [0.3, 0.4) is 0 Å². The van der Waals surface area contributed by atoms with Crippen molar-refractivity contribution in [3.8, 4) is 0 Å². The molecule has 0 saturated carbocycles. The molecule has 0 saturated heterocycles. The van der Waals surface area contributed by atoms with Crippen LogP contribution >= 0.6 is 0 Å². The summed E-state index contributed by atoms with van der Waals surface area (Å²) in [5.74, 6) is 0. The second kappa shape index (κ2) is 5.55. The Hall–Kier alpha value is -1.64. The summed E-state index contributed by atoms with van der Waals surface area (Å²) in [5.41, 5.74) is 1.15. The number of aliphatic hydroxyl groups is 2. The van der Waals surface area contributed by atoms with E-state index in [-0.39, 0.29) is 0 Å². The Kier molecular flexibility index (Phi) is 4.03. The molecule has 2 aromatic rings. The number of benzene rings is 2. The fourth-order valence-electron chi connectivity index (χ4n) is 2.42. The number of aliphatic hydroxyl groups excluding tert-OH is 1. The molecule has 0 amide bonds. The van der Waals surface area contributed by atoms with Crippen LogP contribution in [-0.2, 0) is 5.60 Å². The molecule has 2 unspecified atom stereocenters. The van der Waals surface area contributed by atoms with E-state index in [1.807, 2.05) is 68.4 Å². The first-order valence-corrected chi connectivity index (χ1v) is 6.62. The summed E-state index contributed by atoms with van der Waals surface area (Å²) in [6.45, 7) is 3.85. The zero-order valence-corrected chi connectivity index (χ0v) is 11.4. The zero-order chi connectivity index (χ0) is 13.9. The molecule has 0 aliphatic rings. The van der Waals surface area contributed by atoms with Crippen molar-refractivity contribution < 1.29 is 10.2 Å². The number of rotatable bonds is 4. The van der Waals surface area contributed by atoms with Gasteiger partial charge in [0, 0.05) is 0 Å². The molecule has 0 aliphatic heterocycles. The topological polar surface area (TPSA) is 40.5 Å². The molecule has 19 heavy (non-hydrogen) atoms. The third-order valence-electron chi connectivity index (χ3n) is 3.54. The SMILES string of the molecule is CCC(O)C(O)(c1ccccc1)c1cccc(C)c1. The molecule has 2 heteroatoms. The van der Waals surface area contributed by atoms with E-state index in [2.05, 4.69) is 0 Å². The Morgan fingerprint density at radius 1 is 1.00 bits per heavy atom. The molecule has 0 bridgehead atoms. The van der Waals surface area contributed by atoms with Crippen LogP contribution in [-0.4, -0.2) is 16.3 Å². The summed E-state index contributed by atoms with van der Waals surface area (Å²) in [5, 5.41) is 21.4. The predicted molar refractivity (Wildman–Crippen MR) is 76.9 cm³/mol. The van der Waals surface area contributed by atoms with Gasteiger partial charge in [-0.2, -0.15) is 0 Å². The van der Waals surface area contributed by atoms with E-state index in [4.69, 9.17) is 0 Å². The van der Waals surface area contributed by atoms with Gasteiger partial charge in [-0.1, -0.05) is 67.1 Å². The summed E-state index contributed by atoms with van der Waals surface area (Å²) in [7, 11) is 0. The minimum atomic E-state index is -1.36. The largest absolute Gasteiger partial charge is 0.389 e. The van der Waals surface area contributed by atoms with Gasteiger partial charge in [-0.25, -0.2) is 0 Å². The lowest BCUT2D eigenvalue weighted by atomic mass is 9.80. The Balaban J connectivity index is 2.59. The van der Waals surface area contributed by atoms with Crippen molar-refractivity contribution in [1.29, 1.82) is 0 Å². The van der Waals surface area contributed by atoms with E-state index >= 15 is 0 Å². The number of hydrogen-bond donors (Lipinski definition) is 2. The van der Waals surface area contributed by atoms with Gasteiger partial charge < -0.3 is 10.2 Å². The maximum Gasteiger partial charge on any atom is 0.140 e. The maximum absolute atomic E-state index is 11.1. The first kappa shape index (κ1) is 13.8.